The third-order valence-electron chi connectivity index (χ3n) is 1.49. The lowest BCUT2D eigenvalue weighted by molar-refractivity contribution is 0.313. The fourth-order valence-corrected chi connectivity index (χ4v) is 0.896. The predicted molar refractivity (Wildman–Crippen MR) is 49.5 cm³/mol. The zero-order chi connectivity index (χ0) is 9.36. The van der Waals surface area contributed by atoms with E-state index in [0.29, 0.717) is 13.2 Å². The zero-order valence-corrected chi connectivity index (χ0v) is 7.27. The highest BCUT2D eigenvalue weighted by Crippen LogP contribution is 2.07. The van der Waals surface area contributed by atoms with Gasteiger partial charge < -0.3 is 4.74 Å². The minimum atomic E-state index is 0.482. The maximum Gasteiger partial charge on any atom is 0.234 e. The summed E-state index contributed by atoms with van der Waals surface area (Å²) in [7, 11) is 0. The van der Waals surface area contributed by atoms with Crippen LogP contribution in [0.2, 0.25) is 0 Å². The van der Waals surface area contributed by atoms with Crippen molar-refractivity contribution < 1.29 is 9.53 Å². The molecule has 3 heteroatoms. The Balaban J connectivity index is 2.17. The van der Waals surface area contributed by atoms with Crippen LogP contribution < -0.4 is 4.74 Å². The van der Waals surface area contributed by atoms with Crippen molar-refractivity contribution in [3.63, 3.8) is 0 Å². The number of carbonyl (C=O) groups excluding carboxylic acids is 1. The van der Waals surface area contributed by atoms with Gasteiger partial charge in [0.2, 0.25) is 6.08 Å². The van der Waals surface area contributed by atoms with E-state index < -0.39 is 0 Å². The number of benzene rings is 1. The van der Waals surface area contributed by atoms with Gasteiger partial charge in [0.15, 0.2) is 0 Å². The SMILES string of the molecule is O=C=NCCCOc1ccccc1. The fraction of sp³-hybridized carbons (Fsp3) is 0.300. The lowest BCUT2D eigenvalue weighted by Crippen LogP contribution is -1.98. The molecule has 0 heterocycles. The van der Waals surface area contributed by atoms with Crippen LogP contribution in [0.1, 0.15) is 6.42 Å². The summed E-state index contributed by atoms with van der Waals surface area (Å²) in [5.41, 5.74) is 0. The number of hydrogen-bond acceptors (Lipinski definition) is 3. The second kappa shape index (κ2) is 5.98. The minimum absolute atomic E-state index is 0.482. The summed E-state index contributed by atoms with van der Waals surface area (Å²) in [6, 6.07) is 9.55. The van der Waals surface area contributed by atoms with Crippen LogP contribution in [0.4, 0.5) is 0 Å². The molecule has 0 saturated carbocycles. The van der Waals surface area contributed by atoms with E-state index in [2.05, 4.69) is 4.99 Å². The molecule has 1 rings (SSSR count). The van der Waals surface area contributed by atoms with E-state index in [1.165, 1.54) is 6.08 Å². The smallest absolute Gasteiger partial charge is 0.234 e. The summed E-state index contributed by atoms with van der Waals surface area (Å²) in [5.74, 6) is 0.845. The summed E-state index contributed by atoms with van der Waals surface area (Å²) in [6.07, 6.45) is 2.23. The molecule has 0 bridgehead atoms. The summed E-state index contributed by atoms with van der Waals surface area (Å²) < 4.78 is 5.36. The van der Waals surface area contributed by atoms with E-state index in [9.17, 15) is 4.79 Å². The second-order valence-corrected chi connectivity index (χ2v) is 2.49. The van der Waals surface area contributed by atoms with Crippen molar-refractivity contribution in [3.8, 4) is 5.75 Å². The molecule has 0 N–H and O–H groups in total. The number of ether oxygens (including phenoxy) is 1. The van der Waals surface area contributed by atoms with Crippen molar-refractivity contribution >= 4 is 6.08 Å². The van der Waals surface area contributed by atoms with Crippen molar-refractivity contribution in [2.45, 2.75) is 6.42 Å². The van der Waals surface area contributed by atoms with Crippen LogP contribution in [0.5, 0.6) is 5.75 Å². The number of nitrogens with zero attached hydrogens (tertiary/aromatic N) is 1. The summed E-state index contributed by atoms with van der Waals surface area (Å²) in [4.78, 5) is 13.1. The molecule has 1 aromatic carbocycles. The van der Waals surface area contributed by atoms with Crippen molar-refractivity contribution in [3.05, 3.63) is 30.3 Å². The van der Waals surface area contributed by atoms with Crippen LogP contribution in [-0.4, -0.2) is 19.2 Å². The maximum atomic E-state index is 9.71. The third kappa shape index (κ3) is 4.09. The van der Waals surface area contributed by atoms with E-state index in [0.717, 1.165) is 12.2 Å². The van der Waals surface area contributed by atoms with Gasteiger partial charge in [-0.25, -0.2) is 9.79 Å². The van der Waals surface area contributed by atoms with Crippen LogP contribution in [0, 0.1) is 0 Å². The normalized spacial score (nSPS) is 8.92. The first-order chi connectivity index (χ1) is 6.43. The number of aliphatic imine (C=N–C) groups is 1. The van der Waals surface area contributed by atoms with Crippen molar-refractivity contribution in [2.24, 2.45) is 4.99 Å². The molecular formula is C10H11NO2. The van der Waals surface area contributed by atoms with Gasteiger partial charge in [-0.15, -0.1) is 0 Å². The molecule has 0 fully saturated rings. The standard InChI is InChI=1S/C10H11NO2/c12-9-11-7-4-8-13-10-5-2-1-3-6-10/h1-3,5-6H,4,7-8H2. The fourth-order valence-electron chi connectivity index (χ4n) is 0.896. The monoisotopic (exact) mass is 177 g/mol. The van der Waals surface area contributed by atoms with E-state index in [-0.39, 0.29) is 0 Å². The number of para-hydroxylation sites is 1. The quantitative estimate of drug-likeness (QED) is 0.390. The third-order valence-corrected chi connectivity index (χ3v) is 1.49. The number of hydrogen-bond donors (Lipinski definition) is 0. The highest BCUT2D eigenvalue weighted by atomic mass is 16.5. The van der Waals surface area contributed by atoms with Crippen molar-refractivity contribution in [1.82, 2.24) is 0 Å². The second-order valence-electron chi connectivity index (χ2n) is 2.49. The van der Waals surface area contributed by atoms with Crippen LogP contribution in [0.25, 0.3) is 0 Å². The Labute approximate surface area is 77.1 Å². The Morgan fingerprint density at radius 2 is 2.08 bits per heavy atom. The highest BCUT2D eigenvalue weighted by molar-refractivity contribution is 5.32. The van der Waals surface area contributed by atoms with E-state index >= 15 is 0 Å². The van der Waals surface area contributed by atoms with Gasteiger partial charge in [-0.3, -0.25) is 0 Å². The van der Waals surface area contributed by atoms with E-state index in [1.807, 2.05) is 30.3 Å². The largest absolute Gasteiger partial charge is 0.494 e. The van der Waals surface area contributed by atoms with Gasteiger partial charge in [0.05, 0.1) is 13.2 Å². The maximum absolute atomic E-state index is 9.71. The van der Waals surface area contributed by atoms with Crippen molar-refractivity contribution in [1.29, 1.82) is 0 Å². The lowest BCUT2D eigenvalue weighted by atomic mass is 10.3. The molecule has 0 atom stereocenters. The molecule has 1 aromatic rings. The van der Waals surface area contributed by atoms with Crippen LogP contribution in [0.3, 0.4) is 0 Å². The van der Waals surface area contributed by atoms with Gasteiger partial charge in [0.25, 0.3) is 0 Å². The number of isocyanates is 1. The molecule has 0 saturated heterocycles. The van der Waals surface area contributed by atoms with Crippen LogP contribution in [-0.2, 0) is 4.79 Å². The van der Waals surface area contributed by atoms with Gasteiger partial charge >= 0.3 is 0 Å². The molecule has 68 valence electrons. The minimum Gasteiger partial charge on any atom is -0.494 e. The van der Waals surface area contributed by atoms with Gasteiger partial charge in [-0.1, -0.05) is 18.2 Å². The topological polar surface area (TPSA) is 38.7 Å². The molecule has 0 amide bonds. The van der Waals surface area contributed by atoms with Crippen molar-refractivity contribution in [2.75, 3.05) is 13.2 Å². The molecule has 0 aliphatic carbocycles. The molecule has 0 radical (unpaired) electrons. The van der Waals surface area contributed by atoms with Gasteiger partial charge in [0, 0.05) is 6.42 Å². The lowest BCUT2D eigenvalue weighted by Gasteiger charge is -2.02. The Hall–Kier alpha value is -1.60. The molecule has 0 aliphatic rings. The van der Waals surface area contributed by atoms with E-state index in [4.69, 9.17) is 4.74 Å². The molecule has 0 spiro atoms. The molecule has 3 nitrogen and oxygen atoms in total. The first kappa shape index (κ1) is 9.49. The average molecular weight is 177 g/mol. The molecule has 0 unspecified atom stereocenters. The summed E-state index contributed by atoms with van der Waals surface area (Å²) >= 11 is 0. The first-order valence-electron chi connectivity index (χ1n) is 4.15. The Morgan fingerprint density at radius 1 is 1.31 bits per heavy atom. The molecule has 13 heavy (non-hydrogen) atoms. The predicted octanol–water partition coefficient (Wildman–Crippen LogP) is 1.79. The summed E-state index contributed by atoms with van der Waals surface area (Å²) in [6.45, 7) is 1.06. The zero-order valence-electron chi connectivity index (χ0n) is 7.27. The first-order valence-corrected chi connectivity index (χ1v) is 4.15. The Bertz CT molecular complexity index is 278. The molecular weight excluding hydrogens is 166 g/mol. The van der Waals surface area contributed by atoms with Gasteiger partial charge in [-0.2, -0.15) is 0 Å². The Kier molecular flexibility index (Phi) is 4.36. The highest BCUT2D eigenvalue weighted by Gasteiger charge is 1.89. The van der Waals surface area contributed by atoms with E-state index in [1.54, 1.807) is 0 Å². The summed E-state index contributed by atoms with van der Waals surface area (Å²) in [5, 5.41) is 0. The average Bonchev–Trinajstić information content (AvgIpc) is 2.19. The van der Waals surface area contributed by atoms with Crippen LogP contribution in [0.15, 0.2) is 35.3 Å². The van der Waals surface area contributed by atoms with Gasteiger partial charge in [0.1, 0.15) is 5.75 Å². The van der Waals surface area contributed by atoms with Crippen LogP contribution >= 0.6 is 0 Å². The number of rotatable bonds is 5. The molecule has 0 aliphatic heterocycles. The molecule has 0 aromatic heterocycles. The van der Waals surface area contributed by atoms with Gasteiger partial charge in [-0.05, 0) is 12.1 Å². The Morgan fingerprint density at radius 3 is 2.77 bits per heavy atom.